The predicted molar refractivity (Wildman–Crippen MR) is 74.3 cm³/mol. The number of carbonyl (C=O) groups excluding carboxylic acids is 1. The maximum atomic E-state index is 12.4. The third-order valence-corrected chi connectivity index (χ3v) is 4.18. The molecule has 1 aromatic heterocycles. The van der Waals surface area contributed by atoms with E-state index in [4.69, 9.17) is 0 Å². The SMILES string of the molecule is CCN(C[C@H]1CCN(C(=O)c2cscn2)C1)CC(F)(F)F. The smallest absolute Gasteiger partial charge is 0.337 e. The van der Waals surface area contributed by atoms with E-state index in [1.807, 2.05) is 0 Å². The van der Waals surface area contributed by atoms with Gasteiger partial charge in [0.25, 0.3) is 5.91 Å². The summed E-state index contributed by atoms with van der Waals surface area (Å²) in [6.45, 7) is 2.65. The van der Waals surface area contributed by atoms with Gasteiger partial charge in [-0.1, -0.05) is 6.92 Å². The van der Waals surface area contributed by atoms with E-state index in [9.17, 15) is 18.0 Å². The Bertz CT molecular complexity index is 464. The van der Waals surface area contributed by atoms with Crippen LogP contribution >= 0.6 is 11.3 Å². The number of alkyl halides is 3. The van der Waals surface area contributed by atoms with Crippen LogP contribution in [0.1, 0.15) is 23.8 Å². The maximum absolute atomic E-state index is 12.4. The van der Waals surface area contributed by atoms with E-state index >= 15 is 0 Å². The Morgan fingerprint density at radius 3 is 2.90 bits per heavy atom. The number of aromatic nitrogens is 1. The number of halogens is 3. The summed E-state index contributed by atoms with van der Waals surface area (Å²) in [5, 5.41) is 1.69. The minimum absolute atomic E-state index is 0.0925. The van der Waals surface area contributed by atoms with Crippen LogP contribution in [-0.4, -0.2) is 59.6 Å². The van der Waals surface area contributed by atoms with Crippen molar-refractivity contribution in [1.82, 2.24) is 14.8 Å². The van der Waals surface area contributed by atoms with Crippen molar-refractivity contribution in [3.05, 3.63) is 16.6 Å². The third-order valence-electron chi connectivity index (χ3n) is 3.59. The lowest BCUT2D eigenvalue weighted by Crippen LogP contribution is -2.38. The molecule has 0 aromatic carbocycles. The predicted octanol–water partition coefficient (Wildman–Crippen LogP) is 2.49. The molecule has 1 aromatic rings. The molecule has 8 heteroatoms. The summed E-state index contributed by atoms with van der Waals surface area (Å²) < 4.78 is 37.3. The van der Waals surface area contributed by atoms with Crippen LogP contribution in [0.15, 0.2) is 10.9 Å². The van der Waals surface area contributed by atoms with Gasteiger partial charge in [-0.25, -0.2) is 4.98 Å². The highest BCUT2D eigenvalue weighted by molar-refractivity contribution is 7.07. The lowest BCUT2D eigenvalue weighted by atomic mass is 10.1. The molecule has 0 spiro atoms. The average molecular weight is 321 g/mol. The van der Waals surface area contributed by atoms with Crippen LogP contribution in [0.2, 0.25) is 0 Å². The number of likely N-dealkylation sites (tertiary alicyclic amines) is 1. The molecular weight excluding hydrogens is 303 g/mol. The highest BCUT2D eigenvalue weighted by Crippen LogP contribution is 2.22. The molecular formula is C13H18F3N3OS. The Hall–Kier alpha value is -1.15. The van der Waals surface area contributed by atoms with Gasteiger partial charge in [0.1, 0.15) is 5.69 Å². The van der Waals surface area contributed by atoms with E-state index in [0.717, 1.165) is 6.42 Å². The van der Waals surface area contributed by atoms with Crippen molar-refractivity contribution in [3.8, 4) is 0 Å². The van der Waals surface area contributed by atoms with Gasteiger partial charge in [0.2, 0.25) is 0 Å². The van der Waals surface area contributed by atoms with Gasteiger partial charge in [-0.3, -0.25) is 9.69 Å². The highest BCUT2D eigenvalue weighted by Gasteiger charge is 2.33. The third kappa shape index (κ3) is 4.67. The zero-order valence-electron chi connectivity index (χ0n) is 11.8. The summed E-state index contributed by atoms with van der Waals surface area (Å²) in [6.07, 6.45) is -3.44. The van der Waals surface area contributed by atoms with Gasteiger partial charge >= 0.3 is 6.18 Å². The van der Waals surface area contributed by atoms with Crippen LogP contribution < -0.4 is 0 Å². The largest absolute Gasteiger partial charge is 0.401 e. The van der Waals surface area contributed by atoms with Crippen molar-refractivity contribution in [2.45, 2.75) is 19.5 Å². The topological polar surface area (TPSA) is 36.4 Å². The van der Waals surface area contributed by atoms with E-state index in [2.05, 4.69) is 4.98 Å². The van der Waals surface area contributed by atoms with Crippen LogP contribution in [-0.2, 0) is 0 Å². The second kappa shape index (κ2) is 6.74. The van der Waals surface area contributed by atoms with Crippen LogP contribution in [0.4, 0.5) is 13.2 Å². The first-order valence-corrected chi connectivity index (χ1v) is 7.80. The van der Waals surface area contributed by atoms with Crippen LogP contribution in [0, 0.1) is 5.92 Å². The first-order chi connectivity index (χ1) is 9.89. The fourth-order valence-electron chi connectivity index (χ4n) is 2.57. The lowest BCUT2D eigenvalue weighted by Gasteiger charge is -2.25. The van der Waals surface area contributed by atoms with Crippen LogP contribution in [0.3, 0.4) is 0 Å². The highest BCUT2D eigenvalue weighted by atomic mass is 32.1. The number of nitrogens with zero attached hydrogens (tertiary/aromatic N) is 3. The van der Waals surface area contributed by atoms with E-state index in [1.54, 1.807) is 22.7 Å². The molecule has 1 saturated heterocycles. The summed E-state index contributed by atoms with van der Waals surface area (Å²) in [6, 6.07) is 0. The molecule has 2 heterocycles. The van der Waals surface area contributed by atoms with Gasteiger partial charge in [-0.05, 0) is 18.9 Å². The van der Waals surface area contributed by atoms with Gasteiger partial charge in [-0.2, -0.15) is 13.2 Å². The van der Waals surface area contributed by atoms with Gasteiger partial charge in [0.15, 0.2) is 0 Å². The monoisotopic (exact) mass is 321 g/mol. The number of rotatable bonds is 5. The molecule has 2 rings (SSSR count). The molecule has 1 fully saturated rings. The first-order valence-electron chi connectivity index (χ1n) is 6.85. The fourth-order valence-corrected chi connectivity index (χ4v) is 3.10. The standard InChI is InChI=1S/C13H18F3N3OS/c1-2-18(8-13(14,15)16)5-10-3-4-19(6-10)12(20)11-7-21-9-17-11/h7,9-10H,2-6,8H2,1H3/t10-/m1/s1. The number of hydrogen-bond acceptors (Lipinski definition) is 4. The Morgan fingerprint density at radius 2 is 2.33 bits per heavy atom. The Morgan fingerprint density at radius 1 is 1.57 bits per heavy atom. The van der Waals surface area contributed by atoms with Crippen molar-refractivity contribution < 1.29 is 18.0 Å². The van der Waals surface area contributed by atoms with Gasteiger partial charge < -0.3 is 4.90 Å². The van der Waals surface area contributed by atoms with E-state index in [-0.39, 0.29) is 11.8 Å². The minimum Gasteiger partial charge on any atom is -0.337 e. The molecule has 1 amide bonds. The molecule has 0 N–H and O–H groups in total. The van der Waals surface area contributed by atoms with Crippen molar-refractivity contribution in [1.29, 1.82) is 0 Å². The van der Waals surface area contributed by atoms with E-state index in [1.165, 1.54) is 16.2 Å². The van der Waals surface area contributed by atoms with E-state index in [0.29, 0.717) is 31.9 Å². The number of thiazole rings is 1. The number of hydrogen-bond donors (Lipinski definition) is 0. The second-order valence-electron chi connectivity index (χ2n) is 5.22. The molecule has 1 aliphatic rings. The van der Waals surface area contributed by atoms with Crippen molar-refractivity contribution in [3.63, 3.8) is 0 Å². The van der Waals surface area contributed by atoms with Gasteiger partial charge in [0, 0.05) is 25.0 Å². The Labute approximate surface area is 125 Å². The van der Waals surface area contributed by atoms with Crippen LogP contribution in [0.25, 0.3) is 0 Å². The van der Waals surface area contributed by atoms with E-state index < -0.39 is 12.7 Å². The number of amides is 1. The van der Waals surface area contributed by atoms with Gasteiger partial charge in [0.05, 0.1) is 12.1 Å². The Kier molecular flexibility index (Phi) is 5.21. The minimum atomic E-state index is -4.18. The normalized spacial score (nSPS) is 19.5. The van der Waals surface area contributed by atoms with Crippen molar-refractivity contribution in [2.24, 2.45) is 5.92 Å². The molecule has 0 saturated carbocycles. The summed E-state index contributed by atoms with van der Waals surface area (Å²) in [4.78, 5) is 19.2. The molecule has 4 nitrogen and oxygen atoms in total. The molecule has 21 heavy (non-hydrogen) atoms. The zero-order chi connectivity index (χ0) is 15.5. The molecule has 0 radical (unpaired) electrons. The first kappa shape index (κ1) is 16.2. The van der Waals surface area contributed by atoms with Gasteiger partial charge in [-0.15, -0.1) is 11.3 Å². The molecule has 0 aliphatic carbocycles. The summed E-state index contributed by atoms with van der Waals surface area (Å²) >= 11 is 1.36. The molecule has 0 bridgehead atoms. The Balaban J connectivity index is 1.86. The summed E-state index contributed by atoms with van der Waals surface area (Å²) in [7, 11) is 0. The lowest BCUT2D eigenvalue weighted by molar-refractivity contribution is -0.146. The maximum Gasteiger partial charge on any atom is 0.401 e. The fraction of sp³-hybridized carbons (Fsp3) is 0.692. The van der Waals surface area contributed by atoms with Crippen molar-refractivity contribution in [2.75, 3.05) is 32.7 Å². The molecule has 118 valence electrons. The molecule has 0 unspecified atom stereocenters. The zero-order valence-corrected chi connectivity index (χ0v) is 12.6. The quantitative estimate of drug-likeness (QED) is 0.836. The number of carbonyl (C=O) groups is 1. The van der Waals surface area contributed by atoms with Crippen molar-refractivity contribution >= 4 is 17.2 Å². The van der Waals surface area contributed by atoms with Crippen LogP contribution in [0.5, 0.6) is 0 Å². The average Bonchev–Trinajstić information content (AvgIpc) is 3.06. The molecule has 1 atom stereocenters. The molecule has 1 aliphatic heterocycles. The summed E-state index contributed by atoms with van der Waals surface area (Å²) in [5.41, 5.74) is 2.02. The summed E-state index contributed by atoms with van der Waals surface area (Å²) in [5.74, 6) is -0.0347. The second-order valence-corrected chi connectivity index (χ2v) is 5.94.